The molecule has 0 aliphatic heterocycles. The molecule has 0 saturated heterocycles. The molecule has 0 heterocycles. The Labute approximate surface area is 79.4 Å². The lowest BCUT2D eigenvalue weighted by Crippen LogP contribution is -2.10. The summed E-state index contributed by atoms with van der Waals surface area (Å²) in [7, 11) is -0.964. The molecule has 0 bridgehead atoms. The molecule has 1 rings (SSSR count). The van der Waals surface area contributed by atoms with Crippen molar-refractivity contribution in [1.82, 2.24) is 0 Å². The molecule has 0 radical (unpaired) electrons. The van der Waals surface area contributed by atoms with E-state index in [1.807, 2.05) is 6.92 Å². The fourth-order valence-corrected chi connectivity index (χ4v) is 1.71. The van der Waals surface area contributed by atoms with Gasteiger partial charge in [-0.15, -0.1) is 0 Å². The zero-order valence-corrected chi connectivity index (χ0v) is 8.14. The average Bonchev–Trinajstić information content (AvgIpc) is 2.17. The Morgan fingerprint density at radius 1 is 1.38 bits per heavy atom. The van der Waals surface area contributed by atoms with E-state index in [0.717, 1.165) is 4.90 Å². The van der Waals surface area contributed by atoms with Gasteiger partial charge in [-0.25, -0.2) is 0 Å². The first kappa shape index (κ1) is 9.92. The maximum Gasteiger partial charge on any atom is 0.248 e. The molecule has 1 unspecified atom stereocenters. The van der Waals surface area contributed by atoms with Crippen LogP contribution >= 0.6 is 0 Å². The summed E-state index contributed by atoms with van der Waals surface area (Å²) < 4.78 is 11.3. The standard InChI is InChI=1S/C9H11NO2S/c1-2-13(12)8-5-3-7(4-6-8)9(10)11/h3-6H,2H2,1H3,(H2,10,11). The van der Waals surface area contributed by atoms with Gasteiger partial charge in [-0.3, -0.25) is 9.00 Å². The molecule has 0 aliphatic rings. The second kappa shape index (κ2) is 4.18. The monoisotopic (exact) mass is 197 g/mol. The summed E-state index contributed by atoms with van der Waals surface area (Å²) in [5, 5.41) is 0. The van der Waals surface area contributed by atoms with Gasteiger partial charge in [0.05, 0.1) is 10.8 Å². The average molecular weight is 197 g/mol. The van der Waals surface area contributed by atoms with Crippen LogP contribution in [0.25, 0.3) is 0 Å². The number of hydrogen-bond acceptors (Lipinski definition) is 2. The van der Waals surface area contributed by atoms with Crippen molar-refractivity contribution in [3.63, 3.8) is 0 Å². The first-order valence-electron chi connectivity index (χ1n) is 3.93. The summed E-state index contributed by atoms with van der Waals surface area (Å²) in [6, 6.07) is 6.51. The molecular formula is C9H11NO2S. The zero-order valence-electron chi connectivity index (χ0n) is 7.32. The Bertz CT molecular complexity index is 332. The highest BCUT2D eigenvalue weighted by Gasteiger charge is 2.02. The van der Waals surface area contributed by atoms with Gasteiger partial charge in [0.1, 0.15) is 0 Å². The second-order valence-electron chi connectivity index (χ2n) is 2.52. The number of rotatable bonds is 3. The molecule has 3 nitrogen and oxygen atoms in total. The van der Waals surface area contributed by atoms with Crippen LogP contribution in [-0.2, 0) is 10.8 Å². The van der Waals surface area contributed by atoms with Crippen LogP contribution in [0.5, 0.6) is 0 Å². The minimum absolute atomic E-state index is 0.442. The molecule has 2 N–H and O–H groups in total. The van der Waals surface area contributed by atoms with Crippen LogP contribution in [0, 0.1) is 0 Å². The van der Waals surface area contributed by atoms with Gasteiger partial charge in [0.2, 0.25) is 5.91 Å². The Morgan fingerprint density at radius 3 is 2.31 bits per heavy atom. The summed E-state index contributed by atoms with van der Waals surface area (Å²) in [5.74, 6) is 0.115. The first-order chi connectivity index (χ1) is 6.15. The largest absolute Gasteiger partial charge is 0.366 e. The van der Waals surface area contributed by atoms with E-state index in [2.05, 4.69) is 0 Å². The molecule has 1 amide bonds. The summed E-state index contributed by atoms with van der Waals surface area (Å²) in [6.45, 7) is 1.85. The highest BCUT2D eigenvalue weighted by molar-refractivity contribution is 7.85. The van der Waals surface area contributed by atoms with Crippen molar-refractivity contribution in [2.24, 2.45) is 5.73 Å². The number of amides is 1. The van der Waals surface area contributed by atoms with Gasteiger partial charge in [0.25, 0.3) is 0 Å². The predicted molar refractivity (Wildman–Crippen MR) is 51.9 cm³/mol. The lowest BCUT2D eigenvalue weighted by Gasteiger charge is -1.99. The SMILES string of the molecule is CCS(=O)c1ccc(C(N)=O)cc1. The fraction of sp³-hybridized carbons (Fsp3) is 0.222. The van der Waals surface area contributed by atoms with Crippen LogP contribution in [0.1, 0.15) is 17.3 Å². The number of nitrogens with two attached hydrogens (primary N) is 1. The normalized spacial score (nSPS) is 12.4. The smallest absolute Gasteiger partial charge is 0.248 e. The van der Waals surface area contributed by atoms with E-state index < -0.39 is 16.7 Å². The molecular weight excluding hydrogens is 186 g/mol. The van der Waals surface area contributed by atoms with Crippen molar-refractivity contribution in [2.45, 2.75) is 11.8 Å². The maximum atomic E-state index is 11.3. The highest BCUT2D eigenvalue weighted by Crippen LogP contribution is 2.08. The Hall–Kier alpha value is -1.16. The van der Waals surface area contributed by atoms with Crippen LogP contribution in [0.2, 0.25) is 0 Å². The Balaban J connectivity index is 2.93. The van der Waals surface area contributed by atoms with Crippen molar-refractivity contribution in [3.05, 3.63) is 29.8 Å². The fourth-order valence-electron chi connectivity index (χ4n) is 0.938. The van der Waals surface area contributed by atoms with Crippen LogP contribution < -0.4 is 5.73 Å². The van der Waals surface area contributed by atoms with Gasteiger partial charge in [0, 0.05) is 16.2 Å². The zero-order chi connectivity index (χ0) is 9.84. The first-order valence-corrected chi connectivity index (χ1v) is 5.25. The van der Waals surface area contributed by atoms with Gasteiger partial charge in [-0.1, -0.05) is 6.92 Å². The minimum Gasteiger partial charge on any atom is -0.366 e. The molecule has 0 spiro atoms. The number of benzene rings is 1. The molecule has 0 aliphatic carbocycles. The molecule has 4 heteroatoms. The second-order valence-corrected chi connectivity index (χ2v) is 4.26. The van der Waals surface area contributed by atoms with Gasteiger partial charge in [0.15, 0.2) is 0 Å². The number of carbonyl (C=O) groups excluding carboxylic acids is 1. The Morgan fingerprint density at radius 2 is 1.92 bits per heavy atom. The van der Waals surface area contributed by atoms with Crippen molar-refractivity contribution >= 4 is 16.7 Å². The van der Waals surface area contributed by atoms with Crippen LogP contribution in [-0.4, -0.2) is 15.9 Å². The van der Waals surface area contributed by atoms with E-state index >= 15 is 0 Å². The highest BCUT2D eigenvalue weighted by atomic mass is 32.2. The summed E-state index contributed by atoms with van der Waals surface area (Å²) in [4.78, 5) is 11.4. The maximum absolute atomic E-state index is 11.3. The van der Waals surface area contributed by atoms with Gasteiger partial charge in [-0.2, -0.15) is 0 Å². The summed E-state index contributed by atoms with van der Waals surface area (Å²) in [6.07, 6.45) is 0. The van der Waals surface area contributed by atoms with Gasteiger partial charge >= 0.3 is 0 Å². The molecule has 1 aromatic rings. The van der Waals surface area contributed by atoms with E-state index in [-0.39, 0.29) is 0 Å². The molecule has 0 aromatic heterocycles. The quantitative estimate of drug-likeness (QED) is 0.783. The molecule has 1 atom stereocenters. The molecule has 70 valence electrons. The molecule has 1 aromatic carbocycles. The minimum atomic E-state index is -0.964. The Kier molecular flexibility index (Phi) is 3.19. The topological polar surface area (TPSA) is 60.2 Å². The third kappa shape index (κ3) is 2.39. The predicted octanol–water partition coefficient (Wildman–Crippen LogP) is 0.913. The van der Waals surface area contributed by atoms with E-state index in [1.165, 1.54) is 0 Å². The van der Waals surface area contributed by atoms with Crippen LogP contribution in [0.15, 0.2) is 29.2 Å². The lowest BCUT2D eigenvalue weighted by molar-refractivity contribution is 0.1000. The molecule has 0 saturated carbocycles. The number of carbonyl (C=O) groups is 1. The van der Waals surface area contributed by atoms with E-state index in [1.54, 1.807) is 24.3 Å². The van der Waals surface area contributed by atoms with Crippen molar-refractivity contribution in [1.29, 1.82) is 0 Å². The van der Waals surface area contributed by atoms with Gasteiger partial charge in [-0.05, 0) is 24.3 Å². The van der Waals surface area contributed by atoms with Crippen LogP contribution in [0.3, 0.4) is 0 Å². The molecule has 0 fully saturated rings. The van der Waals surface area contributed by atoms with E-state index in [9.17, 15) is 9.00 Å². The van der Waals surface area contributed by atoms with Crippen molar-refractivity contribution < 1.29 is 9.00 Å². The summed E-state index contributed by atoms with van der Waals surface area (Å²) in [5.41, 5.74) is 5.50. The van der Waals surface area contributed by atoms with E-state index in [4.69, 9.17) is 5.73 Å². The van der Waals surface area contributed by atoms with Crippen LogP contribution in [0.4, 0.5) is 0 Å². The van der Waals surface area contributed by atoms with Crippen molar-refractivity contribution in [2.75, 3.05) is 5.75 Å². The van der Waals surface area contributed by atoms with Gasteiger partial charge < -0.3 is 5.73 Å². The summed E-state index contributed by atoms with van der Waals surface area (Å²) >= 11 is 0. The lowest BCUT2D eigenvalue weighted by atomic mass is 10.2. The number of primary amides is 1. The molecule has 13 heavy (non-hydrogen) atoms. The number of hydrogen-bond donors (Lipinski definition) is 1. The van der Waals surface area contributed by atoms with Crippen molar-refractivity contribution in [3.8, 4) is 0 Å². The third-order valence-electron chi connectivity index (χ3n) is 1.66. The van der Waals surface area contributed by atoms with E-state index in [0.29, 0.717) is 11.3 Å². The third-order valence-corrected chi connectivity index (χ3v) is 2.99.